The van der Waals surface area contributed by atoms with Crippen LogP contribution in [0.1, 0.15) is 18.4 Å². The molecule has 2 N–H and O–H groups in total. The van der Waals surface area contributed by atoms with Gasteiger partial charge in [0.2, 0.25) is 15.9 Å². The van der Waals surface area contributed by atoms with Gasteiger partial charge in [-0.2, -0.15) is 4.31 Å². The molecule has 2 fully saturated rings. The van der Waals surface area contributed by atoms with Crippen molar-refractivity contribution in [2.24, 2.45) is 11.7 Å². The lowest BCUT2D eigenvalue weighted by atomic mass is 9.94. The number of piperidine rings is 1. The molecule has 0 bridgehead atoms. The van der Waals surface area contributed by atoms with Gasteiger partial charge in [-0.25, -0.2) is 8.42 Å². The molecule has 0 aromatic heterocycles. The van der Waals surface area contributed by atoms with Crippen LogP contribution in [-0.4, -0.2) is 55.8 Å². The van der Waals surface area contributed by atoms with Gasteiger partial charge in [-0.3, -0.25) is 9.69 Å². The third-order valence-corrected chi connectivity index (χ3v) is 8.00. The van der Waals surface area contributed by atoms with Crippen LogP contribution >= 0.6 is 0 Å². The summed E-state index contributed by atoms with van der Waals surface area (Å²) in [6.45, 7) is 4.65. The third-order valence-electron chi connectivity index (χ3n) is 6.15. The highest BCUT2D eigenvalue weighted by atomic mass is 32.2. The van der Waals surface area contributed by atoms with Gasteiger partial charge in [0.05, 0.1) is 4.90 Å². The number of sulfonamides is 1. The summed E-state index contributed by atoms with van der Waals surface area (Å²) in [6, 6.07) is 15.5. The minimum absolute atomic E-state index is 0.0433. The van der Waals surface area contributed by atoms with Crippen LogP contribution in [0.2, 0.25) is 0 Å². The van der Waals surface area contributed by atoms with E-state index in [1.165, 1.54) is 5.56 Å². The molecular weight excluding hydrogens is 386 g/mol. The molecule has 154 valence electrons. The number of hydrogen-bond acceptors (Lipinski definition) is 4. The normalized spacial score (nSPS) is 19.8. The SMILES string of the molecule is Cc1ccc(-c2ccc(S(=O)(=O)N3CC(N4CCC(C(N)=O)CC4)C3)cc2)cc1. The van der Waals surface area contributed by atoms with Crippen molar-refractivity contribution in [1.29, 1.82) is 0 Å². The second kappa shape index (κ2) is 7.89. The van der Waals surface area contributed by atoms with Gasteiger partial charge < -0.3 is 5.73 Å². The van der Waals surface area contributed by atoms with E-state index in [4.69, 9.17) is 5.73 Å². The molecule has 0 spiro atoms. The molecular formula is C22H27N3O3S. The summed E-state index contributed by atoms with van der Waals surface area (Å²) in [5.74, 6) is -0.269. The second-order valence-electron chi connectivity index (χ2n) is 8.08. The van der Waals surface area contributed by atoms with E-state index in [1.807, 2.05) is 43.3 Å². The fourth-order valence-corrected chi connectivity index (χ4v) is 5.62. The van der Waals surface area contributed by atoms with Gasteiger partial charge >= 0.3 is 0 Å². The van der Waals surface area contributed by atoms with E-state index < -0.39 is 10.0 Å². The van der Waals surface area contributed by atoms with Crippen LogP contribution in [0.4, 0.5) is 0 Å². The minimum Gasteiger partial charge on any atom is -0.369 e. The van der Waals surface area contributed by atoms with Crippen LogP contribution in [0.5, 0.6) is 0 Å². The van der Waals surface area contributed by atoms with Crippen LogP contribution in [-0.2, 0) is 14.8 Å². The van der Waals surface area contributed by atoms with Crippen molar-refractivity contribution in [2.75, 3.05) is 26.2 Å². The lowest BCUT2D eigenvalue weighted by Crippen LogP contribution is -2.62. The maximum Gasteiger partial charge on any atom is 0.243 e. The van der Waals surface area contributed by atoms with Gasteiger partial charge in [0.25, 0.3) is 0 Å². The highest BCUT2D eigenvalue weighted by molar-refractivity contribution is 7.89. The van der Waals surface area contributed by atoms with Gasteiger partial charge in [0, 0.05) is 25.0 Å². The maximum atomic E-state index is 12.9. The molecule has 29 heavy (non-hydrogen) atoms. The van der Waals surface area contributed by atoms with E-state index in [0.29, 0.717) is 18.0 Å². The number of rotatable bonds is 5. The number of nitrogens with two attached hydrogens (primary N) is 1. The maximum absolute atomic E-state index is 12.9. The lowest BCUT2D eigenvalue weighted by molar-refractivity contribution is -0.123. The topological polar surface area (TPSA) is 83.7 Å². The fourth-order valence-electron chi connectivity index (χ4n) is 4.11. The molecule has 7 heteroatoms. The van der Waals surface area contributed by atoms with E-state index in [-0.39, 0.29) is 17.9 Å². The van der Waals surface area contributed by atoms with Crippen molar-refractivity contribution in [3.63, 3.8) is 0 Å². The molecule has 4 rings (SSSR count). The third kappa shape index (κ3) is 4.08. The number of carbonyl (C=O) groups excluding carboxylic acids is 1. The number of primary amides is 1. The first-order valence-electron chi connectivity index (χ1n) is 10.1. The Bertz CT molecular complexity index is 973. The summed E-state index contributed by atoms with van der Waals surface area (Å²) >= 11 is 0. The number of aryl methyl sites for hydroxylation is 1. The molecule has 6 nitrogen and oxygen atoms in total. The van der Waals surface area contributed by atoms with E-state index in [2.05, 4.69) is 4.90 Å². The van der Waals surface area contributed by atoms with Gasteiger partial charge in [0.1, 0.15) is 0 Å². The van der Waals surface area contributed by atoms with Crippen LogP contribution in [0, 0.1) is 12.8 Å². The molecule has 0 saturated carbocycles. The van der Waals surface area contributed by atoms with Crippen molar-refractivity contribution in [3.8, 4) is 11.1 Å². The Balaban J connectivity index is 1.37. The van der Waals surface area contributed by atoms with Crippen LogP contribution in [0.15, 0.2) is 53.4 Å². The number of amides is 1. The molecule has 2 aromatic carbocycles. The number of likely N-dealkylation sites (tertiary alicyclic amines) is 1. The van der Waals surface area contributed by atoms with Gasteiger partial charge in [-0.1, -0.05) is 42.0 Å². The highest BCUT2D eigenvalue weighted by Gasteiger charge is 2.40. The first-order chi connectivity index (χ1) is 13.8. The Labute approximate surface area is 172 Å². The zero-order chi connectivity index (χ0) is 20.6. The van der Waals surface area contributed by atoms with E-state index >= 15 is 0 Å². The van der Waals surface area contributed by atoms with Crippen molar-refractivity contribution in [2.45, 2.75) is 30.7 Å². The molecule has 0 atom stereocenters. The van der Waals surface area contributed by atoms with Crippen molar-refractivity contribution >= 4 is 15.9 Å². The van der Waals surface area contributed by atoms with Crippen LogP contribution in [0.25, 0.3) is 11.1 Å². The summed E-state index contributed by atoms with van der Waals surface area (Å²) in [7, 11) is -3.47. The predicted molar refractivity (Wildman–Crippen MR) is 113 cm³/mol. The summed E-state index contributed by atoms with van der Waals surface area (Å²) < 4.78 is 27.4. The molecule has 0 unspecified atom stereocenters. The summed E-state index contributed by atoms with van der Waals surface area (Å²) in [5.41, 5.74) is 8.66. The lowest BCUT2D eigenvalue weighted by Gasteiger charge is -2.46. The first kappa shape index (κ1) is 20.1. The largest absolute Gasteiger partial charge is 0.369 e. The van der Waals surface area contributed by atoms with Crippen molar-refractivity contribution in [3.05, 3.63) is 54.1 Å². The Morgan fingerprint density at radius 3 is 1.97 bits per heavy atom. The van der Waals surface area contributed by atoms with Crippen molar-refractivity contribution < 1.29 is 13.2 Å². The monoisotopic (exact) mass is 413 g/mol. The standard InChI is InChI=1S/C22H27N3O3S/c1-16-2-4-17(5-3-16)18-6-8-21(9-7-18)29(27,28)25-14-20(15-25)24-12-10-19(11-13-24)22(23)26/h2-9,19-20H,10-15H2,1H3,(H2,23,26). The van der Waals surface area contributed by atoms with Gasteiger partial charge in [-0.05, 0) is 56.1 Å². The Morgan fingerprint density at radius 2 is 1.45 bits per heavy atom. The highest BCUT2D eigenvalue weighted by Crippen LogP contribution is 2.29. The number of nitrogens with zero attached hydrogens (tertiary/aromatic N) is 2. The predicted octanol–water partition coefficient (Wildman–Crippen LogP) is 2.23. The van der Waals surface area contributed by atoms with Crippen molar-refractivity contribution in [1.82, 2.24) is 9.21 Å². The number of hydrogen-bond donors (Lipinski definition) is 1. The summed E-state index contributed by atoms with van der Waals surface area (Å²) in [5, 5.41) is 0. The summed E-state index contributed by atoms with van der Waals surface area (Å²) in [4.78, 5) is 13.9. The Morgan fingerprint density at radius 1 is 0.931 bits per heavy atom. The molecule has 1 amide bonds. The van der Waals surface area contributed by atoms with E-state index in [0.717, 1.165) is 37.1 Å². The minimum atomic E-state index is -3.47. The zero-order valence-electron chi connectivity index (χ0n) is 16.6. The summed E-state index contributed by atoms with van der Waals surface area (Å²) in [6.07, 6.45) is 1.53. The molecule has 0 radical (unpaired) electrons. The quantitative estimate of drug-likeness (QED) is 0.815. The zero-order valence-corrected chi connectivity index (χ0v) is 17.4. The average Bonchev–Trinajstić information content (AvgIpc) is 2.68. The number of carbonyl (C=O) groups is 1. The van der Waals surface area contributed by atoms with Gasteiger partial charge in [0.15, 0.2) is 0 Å². The molecule has 2 aliphatic heterocycles. The van der Waals surface area contributed by atoms with Gasteiger partial charge in [-0.15, -0.1) is 0 Å². The number of benzene rings is 2. The van der Waals surface area contributed by atoms with E-state index in [1.54, 1.807) is 16.4 Å². The van der Waals surface area contributed by atoms with E-state index in [9.17, 15) is 13.2 Å². The van der Waals surface area contributed by atoms with Crippen LogP contribution in [0.3, 0.4) is 0 Å². The average molecular weight is 414 g/mol. The van der Waals surface area contributed by atoms with Crippen LogP contribution < -0.4 is 5.73 Å². The molecule has 2 aromatic rings. The Hall–Kier alpha value is -2.22. The molecule has 2 saturated heterocycles. The molecule has 2 aliphatic rings. The second-order valence-corrected chi connectivity index (χ2v) is 10.0. The fraction of sp³-hybridized carbons (Fsp3) is 0.409. The smallest absolute Gasteiger partial charge is 0.243 e. The molecule has 2 heterocycles. The molecule has 0 aliphatic carbocycles. The first-order valence-corrected chi connectivity index (χ1v) is 11.5. The Kier molecular flexibility index (Phi) is 5.46.